The van der Waals surface area contributed by atoms with Crippen molar-refractivity contribution in [3.63, 3.8) is 0 Å². The van der Waals surface area contributed by atoms with E-state index in [9.17, 15) is 4.39 Å². The van der Waals surface area contributed by atoms with Gasteiger partial charge in [0.05, 0.1) is 6.61 Å². The van der Waals surface area contributed by atoms with Crippen LogP contribution in [0.3, 0.4) is 0 Å². The highest BCUT2D eigenvalue weighted by Crippen LogP contribution is 2.12. The SMILES string of the molecule is COCCNCC(C)=Cc1ccc(C)c(F)c1. The molecule has 0 aliphatic carbocycles. The second-order valence-electron chi connectivity index (χ2n) is 4.17. The van der Waals surface area contributed by atoms with E-state index in [4.69, 9.17) is 4.74 Å². The van der Waals surface area contributed by atoms with E-state index in [1.807, 2.05) is 19.1 Å². The quantitative estimate of drug-likeness (QED) is 0.768. The minimum absolute atomic E-state index is 0.154. The third kappa shape index (κ3) is 5.11. The Morgan fingerprint density at radius 1 is 1.47 bits per heavy atom. The van der Waals surface area contributed by atoms with Gasteiger partial charge in [0.25, 0.3) is 0 Å². The Hall–Kier alpha value is -1.19. The molecule has 0 amide bonds. The van der Waals surface area contributed by atoms with Gasteiger partial charge >= 0.3 is 0 Å². The average molecular weight is 237 g/mol. The third-order valence-corrected chi connectivity index (χ3v) is 2.50. The molecule has 0 heterocycles. The lowest BCUT2D eigenvalue weighted by Crippen LogP contribution is -2.20. The smallest absolute Gasteiger partial charge is 0.126 e. The minimum Gasteiger partial charge on any atom is -0.383 e. The zero-order valence-electron chi connectivity index (χ0n) is 10.7. The number of nitrogens with one attached hydrogen (secondary N) is 1. The van der Waals surface area contributed by atoms with Gasteiger partial charge in [0.1, 0.15) is 5.82 Å². The molecular formula is C14H20FNO. The molecule has 1 N–H and O–H groups in total. The van der Waals surface area contributed by atoms with Crippen LogP contribution >= 0.6 is 0 Å². The van der Waals surface area contributed by atoms with Crippen LogP contribution in [0.4, 0.5) is 4.39 Å². The van der Waals surface area contributed by atoms with Gasteiger partial charge in [-0.3, -0.25) is 0 Å². The Balaban J connectivity index is 2.52. The first-order valence-electron chi connectivity index (χ1n) is 5.76. The summed E-state index contributed by atoms with van der Waals surface area (Å²) in [6, 6.07) is 5.29. The predicted molar refractivity (Wildman–Crippen MR) is 69.5 cm³/mol. The standard InChI is InChI=1S/C14H20FNO/c1-11(10-16-6-7-17-3)8-13-5-4-12(2)14(15)9-13/h4-5,8-9,16H,6-7,10H2,1-3H3. The zero-order chi connectivity index (χ0) is 12.7. The van der Waals surface area contributed by atoms with Crippen molar-refractivity contribution in [3.8, 4) is 0 Å². The van der Waals surface area contributed by atoms with Crippen LogP contribution in [0, 0.1) is 12.7 Å². The van der Waals surface area contributed by atoms with Crippen molar-refractivity contribution in [1.29, 1.82) is 0 Å². The van der Waals surface area contributed by atoms with E-state index in [-0.39, 0.29) is 5.82 Å². The van der Waals surface area contributed by atoms with Crippen LogP contribution in [-0.2, 0) is 4.74 Å². The Morgan fingerprint density at radius 2 is 2.24 bits per heavy atom. The second-order valence-corrected chi connectivity index (χ2v) is 4.17. The number of aryl methyl sites for hydroxylation is 1. The summed E-state index contributed by atoms with van der Waals surface area (Å²) in [7, 11) is 1.68. The normalized spacial score (nSPS) is 11.9. The monoisotopic (exact) mass is 237 g/mol. The number of rotatable bonds is 6. The first-order valence-corrected chi connectivity index (χ1v) is 5.76. The summed E-state index contributed by atoms with van der Waals surface area (Å²) in [5.41, 5.74) is 2.75. The highest BCUT2D eigenvalue weighted by atomic mass is 19.1. The van der Waals surface area contributed by atoms with Crippen molar-refractivity contribution in [2.75, 3.05) is 26.8 Å². The molecule has 3 heteroatoms. The van der Waals surface area contributed by atoms with Crippen LogP contribution in [0.25, 0.3) is 6.08 Å². The molecule has 1 aromatic carbocycles. The maximum Gasteiger partial charge on any atom is 0.126 e. The molecular weight excluding hydrogens is 217 g/mol. The molecule has 0 saturated heterocycles. The van der Waals surface area contributed by atoms with Crippen molar-refractivity contribution in [2.45, 2.75) is 13.8 Å². The lowest BCUT2D eigenvalue weighted by atomic mass is 10.1. The van der Waals surface area contributed by atoms with Crippen LogP contribution in [0.5, 0.6) is 0 Å². The highest BCUT2D eigenvalue weighted by Gasteiger charge is 1.98. The molecule has 0 aliphatic rings. The van der Waals surface area contributed by atoms with E-state index in [1.165, 1.54) is 5.57 Å². The molecule has 1 rings (SSSR count). The highest BCUT2D eigenvalue weighted by molar-refractivity contribution is 5.53. The number of hydrogen-bond donors (Lipinski definition) is 1. The fraction of sp³-hybridized carbons (Fsp3) is 0.429. The van der Waals surface area contributed by atoms with E-state index in [0.717, 1.165) is 18.7 Å². The molecule has 94 valence electrons. The second kappa shape index (κ2) is 7.20. The van der Waals surface area contributed by atoms with Crippen LogP contribution in [0.2, 0.25) is 0 Å². The van der Waals surface area contributed by atoms with Gasteiger partial charge in [0, 0.05) is 20.2 Å². The van der Waals surface area contributed by atoms with Crippen molar-refractivity contribution in [3.05, 3.63) is 40.7 Å². The van der Waals surface area contributed by atoms with E-state index >= 15 is 0 Å². The van der Waals surface area contributed by atoms with Crippen LogP contribution < -0.4 is 5.32 Å². The zero-order valence-corrected chi connectivity index (χ0v) is 10.7. The van der Waals surface area contributed by atoms with Gasteiger partial charge in [-0.25, -0.2) is 4.39 Å². The number of benzene rings is 1. The van der Waals surface area contributed by atoms with Crippen LogP contribution in [-0.4, -0.2) is 26.8 Å². The van der Waals surface area contributed by atoms with Gasteiger partial charge < -0.3 is 10.1 Å². The Morgan fingerprint density at radius 3 is 2.88 bits per heavy atom. The number of halogens is 1. The lowest BCUT2D eigenvalue weighted by Gasteiger charge is -2.05. The van der Waals surface area contributed by atoms with Crippen LogP contribution in [0.15, 0.2) is 23.8 Å². The minimum atomic E-state index is -0.154. The summed E-state index contributed by atoms with van der Waals surface area (Å²) in [5.74, 6) is -0.154. The maximum absolute atomic E-state index is 13.3. The predicted octanol–water partition coefficient (Wildman–Crippen LogP) is 2.77. The van der Waals surface area contributed by atoms with E-state index < -0.39 is 0 Å². The molecule has 17 heavy (non-hydrogen) atoms. The summed E-state index contributed by atoms with van der Waals surface area (Å²) in [6.07, 6.45) is 1.99. The van der Waals surface area contributed by atoms with E-state index in [1.54, 1.807) is 26.2 Å². The van der Waals surface area contributed by atoms with Crippen molar-refractivity contribution >= 4 is 6.08 Å². The topological polar surface area (TPSA) is 21.3 Å². The van der Waals surface area contributed by atoms with Gasteiger partial charge in [-0.05, 0) is 31.0 Å². The first kappa shape index (κ1) is 13.9. The van der Waals surface area contributed by atoms with Crippen molar-refractivity contribution in [1.82, 2.24) is 5.32 Å². The summed E-state index contributed by atoms with van der Waals surface area (Å²) in [5, 5.41) is 3.25. The largest absolute Gasteiger partial charge is 0.383 e. The lowest BCUT2D eigenvalue weighted by molar-refractivity contribution is 0.200. The number of methoxy groups -OCH3 is 1. The van der Waals surface area contributed by atoms with Gasteiger partial charge in [0.2, 0.25) is 0 Å². The molecule has 0 fully saturated rings. The average Bonchev–Trinajstić information content (AvgIpc) is 2.30. The van der Waals surface area contributed by atoms with Crippen molar-refractivity contribution < 1.29 is 9.13 Å². The van der Waals surface area contributed by atoms with Gasteiger partial charge in [0.15, 0.2) is 0 Å². The Kier molecular flexibility index (Phi) is 5.87. The summed E-state index contributed by atoms with van der Waals surface area (Å²) in [6.45, 7) is 6.11. The summed E-state index contributed by atoms with van der Waals surface area (Å²) < 4.78 is 18.3. The van der Waals surface area contributed by atoms with Crippen LogP contribution in [0.1, 0.15) is 18.1 Å². The molecule has 2 nitrogen and oxygen atoms in total. The fourth-order valence-corrected chi connectivity index (χ4v) is 1.49. The molecule has 1 aromatic rings. The third-order valence-electron chi connectivity index (χ3n) is 2.50. The fourth-order valence-electron chi connectivity index (χ4n) is 1.49. The molecule has 0 aromatic heterocycles. The number of hydrogen-bond acceptors (Lipinski definition) is 2. The molecule has 0 aliphatic heterocycles. The molecule has 0 saturated carbocycles. The van der Waals surface area contributed by atoms with Gasteiger partial charge in [-0.2, -0.15) is 0 Å². The first-order chi connectivity index (χ1) is 8.13. The Labute approximate surface area is 102 Å². The molecule has 0 atom stereocenters. The van der Waals surface area contributed by atoms with Crippen molar-refractivity contribution in [2.24, 2.45) is 0 Å². The van der Waals surface area contributed by atoms with E-state index in [2.05, 4.69) is 5.32 Å². The molecule has 0 unspecified atom stereocenters. The van der Waals surface area contributed by atoms with Gasteiger partial charge in [-0.15, -0.1) is 0 Å². The molecule has 0 radical (unpaired) electrons. The summed E-state index contributed by atoms with van der Waals surface area (Å²) in [4.78, 5) is 0. The maximum atomic E-state index is 13.3. The van der Waals surface area contributed by atoms with Gasteiger partial charge in [-0.1, -0.05) is 23.8 Å². The number of ether oxygens (including phenoxy) is 1. The van der Waals surface area contributed by atoms with E-state index in [0.29, 0.717) is 12.2 Å². The molecule has 0 bridgehead atoms. The summed E-state index contributed by atoms with van der Waals surface area (Å²) >= 11 is 0. The Bertz CT molecular complexity index is 388. The molecule has 0 spiro atoms.